The minimum absolute atomic E-state index is 0.134. The van der Waals surface area contributed by atoms with Crippen molar-refractivity contribution in [2.45, 2.75) is 36.6 Å². The largest absolute Gasteiger partial charge is 0.356 e. The number of amides is 3. The van der Waals surface area contributed by atoms with Crippen molar-refractivity contribution in [2.75, 3.05) is 12.0 Å². The van der Waals surface area contributed by atoms with Crippen LogP contribution in [0.15, 0.2) is 77.1 Å². The Morgan fingerprint density at radius 1 is 1.02 bits per heavy atom. The molecule has 0 aliphatic rings. The number of carbonyl (C=O) groups is 3. The molecule has 0 aliphatic heterocycles. The predicted molar refractivity (Wildman–Crippen MR) is 148 cm³/mol. The third-order valence-electron chi connectivity index (χ3n) is 5.67. The Bertz CT molecular complexity index is 1470. The number of nitrogens with zero attached hydrogens (tertiary/aromatic N) is 3. The smallest absolute Gasteiger partial charge is 0.295 e. The highest BCUT2D eigenvalue weighted by atomic mass is 32.2. The predicted octanol–water partition coefficient (Wildman–Crippen LogP) is 1.30. The number of aromatic nitrogens is 2. The molecular weight excluding hydrogens is 554 g/mol. The number of hydrazone groups is 1. The molecule has 3 amide bonds. The summed E-state index contributed by atoms with van der Waals surface area (Å²) >= 11 is 0. The Morgan fingerprint density at radius 3 is 2.51 bits per heavy atom. The maximum absolute atomic E-state index is 12.7. The summed E-state index contributed by atoms with van der Waals surface area (Å²) in [5, 5.41) is 18.3. The number of rotatable bonds is 14. The van der Waals surface area contributed by atoms with E-state index in [0.717, 1.165) is 5.56 Å². The third kappa shape index (κ3) is 10.1. The van der Waals surface area contributed by atoms with Crippen LogP contribution in [0, 0.1) is 0 Å². The van der Waals surface area contributed by atoms with Crippen molar-refractivity contribution in [2.24, 2.45) is 5.10 Å². The molecule has 0 saturated heterocycles. The standard InChI is InChI=1S/C26H29N7O7S/c34-24(14-18-6-5-12-27-15-18)28-13-4-3-8-21(26(36)33-37)31-25(35)20-10-11-23(29-16-20)32-30-17-19-7-1-2-9-22(19)41(38,39)40/h1-2,5-7,9-12,15-17,21,37H,3-4,8,13-14H2,(H,28,34)(H,29,32)(H,31,35)(H,33,36)(H,38,39,40). The molecule has 0 aliphatic carbocycles. The van der Waals surface area contributed by atoms with Crippen molar-refractivity contribution in [1.82, 2.24) is 26.1 Å². The number of anilines is 1. The Labute approximate surface area is 236 Å². The van der Waals surface area contributed by atoms with Crippen molar-refractivity contribution < 1.29 is 32.6 Å². The van der Waals surface area contributed by atoms with Gasteiger partial charge in [0, 0.05) is 30.7 Å². The minimum atomic E-state index is -4.43. The van der Waals surface area contributed by atoms with Crippen molar-refractivity contribution in [1.29, 1.82) is 0 Å². The molecular formula is C26H29N7O7S. The van der Waals surface area contributed by atoms with Gasteiger partial charge in [0.15, 0.2) is 0 Å². The van der Waals surface area contributed by atoms with E-state index in [1.165, 1.54) is 42.7 Å². The lowest BCUT2D eigenvalue weighted by molar-refractivity contribution is -0.131. The number of hydroxylamine groups is 1. The molecule has 3 rings (SSSR count). The summed E-state index contributed by atoms with van der Waals surface area (Å²) in [6.07, 6.45) is 7.11. The molecule has 41 heavy (non-hydrogen) atoms. The minimum Gasteiger partial charge on any atom is -0.356 e. The van der Waals surface area contributed by atoms with Gasteiger partial charge in [-0.1, -0.05) is 24.3 Å². The first-order valence-corrected chi connectivity index (χ1v) is 13.8. The Balaban J connectivity index is 1.47. The van der Waals surface area contributed by atoms with Crippen LogP contribution in [0.4, 0.5) is 5.82 Å². The Kier molecular flexibility index (Phi) is 11.4. The molecule has 2 heterocycles. The van der Waals surface area contributed by atoms with E-state index in [9.17, 15) is 27.4 Å². The molecule has 14 nitrogen and oxygen atoms in total. The zero-order valence-electron chi connectivity index (χ0n) is 21.7. The molecule has 1 aromatic carbocycles. The summed E-state index contributed by atoms with van der Waals surface area (Å²) < 4.78 is 32.2. The second-order valence-electron chi connectivity index (χ2n) is 8.70. The van der Waals surface area contributed by atoms with Crippen LogP contribution in [0.2, 0.25) is 0 Å². The second kappa shape index (κ2) is 15.2. The van der Waals surface area contributed by atoms with E-state index in [4.69, 9.17) is 5.21 Å². The first-order valence-electron chi connectivity index (χ1n) is 12.4. The molecule has 1 unspecified atom stereocenters. The molecule has 3 aromatic rings. The molecule has 0 saturated carbocycles. The van der Waals surface area contributed by atoms with Gasteiger partial charge in [0.05, 0.1) is 18.2 Å². The van der Waals surface area contributed by atoms with E-state index in [-0.39, 0.29) is 40.6 Å². The van der Waals surface area contributed by atoms with Crippen LogP contribution in [0.3, 0.4) is 0 Å². The number of benzene rings is 1. The highest BCUT2D eigenvalue weighted by Crippen LogP contribution is 2.13. The number of hydrogen-bond donors (Lipinski definition) is 6. The normalized spacial score (nSPS) is 12.0. The van der Waals surface area contributed by atoms with E-state index in [0.29, 0.717) is 19.4 Å². The first-order chi connectivity index (χ1) is 19.7. The van der Waals surface area contributed by atoms with Gasteiger partial charge < -0.3 is 10.6 Å². The van der Waals surface area contributed by atoms with Crippen molar-refractivity contribution in [3.63, 3.8) is 0 Å². The number of nitrogens with one attached hydrogen (secondary N) is 4. The van der Waals surface area contributed by atoms with Crippen LogP contribution in [0.5, 0.6) is 0 Å². The van der Waals surface area contributed by atoms with Crippen molar-refractivity contribution in [3.05, 3.63) is 83.8 Å². The molecule has 0 bridgehead atoms. The summed E-state index contributed by atoms with van der Waals surface area (Å²) in [7, 11) is -4.43. The van der Waals surface area contributed by atoms with Crippen LogP contribution in [-0.2, 0) is 26.1 Å². The lowest BCUT2D eigenvalue weighted by atomic mass is 10.1. The summed E-state index contributed by atoms with van der Waals surface area (Å²) in [6.45, 7) is 0.378. The topological polar surface area (TPSA) is 212 Å². The highest BCUT2D eigenvalue weighted by Gasteiger charge is 2.21. The number of unbranched alkanes of at least 4 members (excludes halogenated alkanes) is 1. The van der Waals surface area contributed by atoms with Crippen molar-refractivity contribution >= 4 is 39.9 Å². The first kappa shape index (κ1) is 30.8. The number of carbonyl (C=O) groups excluding carboxylic acids is 3. The lowest BCUT2D eigenvalue weighted by Crippen LogP contribution is -2.46. The number of pyridine rings is 2. The van der Waals surface area contributed by atoms with Crippen LogP contribution < -0.4 is 21.5 Å². The molecule has 0 radical (unpaired) electrons. The highest BCUT2D eigenvalue weighted by molar-refractivity contribution is 7.86. The van der Waals surface area contributed by atoms with Crippen LogP contribution in [0.1, 0.15) is 40.7 Å². The quantitative estimate of drug-likeness (QED) is 0.0526. The van der Waals surface area contributed by atoms with Gasteiger partial charge in [-0.05, 0) is 49.1 Å². The molecule has 1 atom stereocenters. The SMILES string of the molecule is O=C(Cc1cccnc1)NCCCCC(NC(=O)c1ccc(NN=Cc2ccccc2S(=O)(=O)O)nc1)C(=O)NO. The zero-order valence-corrected chi connectivity index (χ0v) is 22.5. The van der Waals surface area contributed by atoms with E-state index in [1.54, 1.807) is 36.1 Å². The van der Waals surface area contributed by atoms with Crippen LogP contribution in [-0.4, -0.2) is 64.7 Å². The van der Waals surface area contributed by atoms with Gasteiger partial charge >= 0.3 is 0 Å². The van der Waals surface area contributed by atoms with E-state index < -0.39 is 28.0 Å². The lowest BCUT2D eigenvalue weighted by Gasteiger charge is -2.17. The van der Waals surface area contributed by atoms with Crippen molar-refractivity contribution in [3.8, 4) is 0 Å². The monoisotopic (exact) mass is 583 g/mol. The van der Waals surface area contributed by atoms with Gasteiger partial charge in [-0.15, -0.1) is 0 Å². The van der Waals surface area contributed by atoms with E-state index in [1.807, 2.05) is 0 Å². The molecule has 0 fully saturated rings. The molecule has 15 heteroatoms. The van der Waals surface area contributed by atoms with Gasteiger partial charge in [0.1, 0.15) is 16.8 Å². The van der Waals surface area contributed by atoms with E-state index >= 15 is 0 Å². The maximum Gasteiger partial charge on any atom is 0.295 e. The zero-order chi connectivity index (χ0) is 29.7. The molecule has 2 aromatic heterocycles. The fourth-order valence-corrected chi connectivity index (χ4v) is 4.29. The fraction of sp³-hybridized carbons (Fsp3) is 0.231. The van der Waals surface area contributed by atoms with Gasteiger partial charge in [-0.2, -0.15) is 13.5 Å². The summed E-state index contributed by atoms with van der Waals surface area (Å²) in [5.74, 6) is -1.31. The van der Waals surface area contributed by atoms with Gasteiger partial charge in [-0.25, -0.2) is 10.5 Å². The third-order valence-corrected chi connectivity index (χ3v) is 6.59. The molecule has 0 spiro atoms. The van der Waals surface area contributed by atoms with Gasteiger partial charge in [0.25, 0.3) is 21.9 Å². The Hall–Kier alpha value is -4.73. The molecule has 6 N–H and O–H groups in total. The second-order valence-corrected chi connectivity index (χ2v) is 10.1. The van der Waals surface area contributed by atoms with E-state index in [2.05, 4.69) is 31.1 Å². The fourth-order valence-electron chi connectivity index (χ4n) is 3.62. The Morgan fingerprint density at radius 2 is 1.83 bits per heavy atom. The average molecular weight is 584 g/mol. The summed E-state index contributed by atoms with van der Waals surface area (Å²) in [4.78, 5) is 44.5. The van der Waals surface area contributed by atoms with Gasteiger partial charge in [0.2, 0.25) is 5.91 Å². The molecule has 216 valence electrons. The maximum atomic E-state index is 12.7. The number of hydrogen-bond acceptors (Lipinski definition) is 10. The van der Waals surface area contributed by atoms with Gasteiger partial charge in [-0.3, -0.25) is 34.6 Å². The summed E-state index contributed by atoms with van der Waals surface area (Å²) in [5.41, 5.74) is 5.21. The average Bonchev–Trinajstić information content (AvgIpc) is 2.96. The van der Waals surface area contributed by atoms with Crippen LogP contribution >= 0.6 is 0 Å². The summed E-state index contributed by atoms with van der Waals surface area (Å²) in [6, 6.07) is 11.1. The van der Waals surface area contributed by atoms with Crippen LogP contribution in [0.25, 0.3) is 0 Å².